The maximum absolute atomic E-state index is 12.4. The average Bonchev–Trinajstić information content (AvgIpc) is 2.96. The number of benzene rings is 1. The molecule has 2 aliphatic rings. The second-order valence-corrected chi connectivity index (χ2v) is 6.61. The van der Waals surface area contributed by atoms with E-state index in [1.807, 2.05) is 24.0 Å². The van der Waals surface area contributed by atoms with E-state index < -0.39 is 0 Å². The van der Waals surface area contributed by atoms with Crippen molar-refractivity contribution in [2.45, 2.75) is 38.5 Å². The summed E-state index contributed by atoms with van der Waals surface area (Å²) in [5.41, 5.74) is 8.79. The van der Waals surface area contributed by atoms with Gasteiger partial charge < -0.3 is 10.6 Å². The zero-order valence-corrected chi connectivity index (χ0v) is 12.7. The summed E-state index contributed by atoms with van der Waals surface area (Å²) in [6, 6.07) is 3.94. The first-order chi connectivity index (χ1) is 9.08. The number of nitrogen functional groups attached to an aromatic ring is 1. The predicted molar refractivity (Wildman–Crippen MR) is 81.3 cm³/mol. The van der Waals surface area contributed by atoms with Gasteiger partial charge in [-0.25, -0.2) is 0 Å². The Morgan fingerprint density at radius 1 is 1.37 bits per heavy atom. The third-order valence-electron chi connectivity index (χ3n) is 4.46. The summed E-state index contributed by atoms with van der Waals surface area (Å²) in [6.45, 7) is 2.84. The molecule has 1 aromatic carbocycles. The molecule has 0 saturated heterocycles. The van der Waals surface area contributed by atoms with Crippen LogP contribution in [-0.4, -0.2) is 12.5 Å². The van der Waals surface area contributed by atoms with Gasteiger partial charge in [0.25, 0.3) is 0 Å². The van der Waals surface area contributed by atoms with Gasteiger partial charge in [-0.1, -0.05) is 12.8 Å². The van der Waals surface area contributed by atoms with Crippen molar-refractivity contribution in [1.82, 2.24) is 0 Å². The summed E-state index contributed by atoms with van der Waals surface area (Å²) in [5, 5.41) is 0. The second kappa shape index (κ2) is 4.82. The number of nitrogens with zero attached hydrogens (tertiary/aromatic N) is 1. The van der Waals surface area contributed by atoms with Gasteiger partial charge in [0, 0.05) is 22.4 Å². The van der Waals surface area contributed by atoms with E-state index in [0.29, 0.717) is 11.6 Å². The van der Waals surface area contributed by atoms with Crippen molar-refractivity contribution in [2.75, 3.05) is 17.2 Å². The van der Waals surface area contributed by atoms with Crippen molar-refractivity contribution in [3.63, 3.8) is 0 Å². The largest absolute Gasteiger partial charge is 0.398 e. The lowest BCUT2D eigenvalue weighted by Gasteiger charge is -2.22. The highest BCUT2D eigenvalue weighted by atomic mass is 79.9. The minimum absolute atomic E-state index is 0.0479. The number of carbonyl (C=O) groups is 1. The van der Waals surface area contributed by atoms with Crippen LogP contribution < -0.4 is 10.6 Å². The Morgan fingerprint density at radius 3 is 2.74 bits per heavy atom. The Labute approximate surface area is 122 Å². The lowest BCUT2D eigenvalue weighted by Crippen LogP contribution is -2.32. The molecular weight excluding hydrogens is 304 g/mol. The maximum Gasteiger partial charge on any atom is 0.234 e. The topological polar surface area (TPSA) is 46.3 Å². The van der Waals surface area contributed by atoms with Gasteiger partial charge in [-0.05, 0) is 59.3 Å². The molecule has 0 spiro atoms. The molecule has 0 bridgehead atoms. The van der Waals surface area contributed by atoms with Crippen molar-refractivity contribution in [3.8, 4) is 0 Å². The number of hydrogen-bond acceptors (Lipinski definition) is 2. The minimum Gasteiger partial charge on any atom is -0.398 e. The Balaban J connectivity index is 1.94. The van der Waals surface area contributed by atoms with Crippen LogP contribution in [0, 0.1) is 5.92 Å². The molecule has 3 rings (SSSR count). The summed E-state index contributed by atoms with van der Waals surface area (Å²) in [4.78, 5) is 14.4. The fourth-order valence-corrected chi connectivity index (χ4v) is 3.66. The molecule has 1 amide bonds. The molecule has 0 aromatic heterocycles. The highest BCUT2D eigenvalue weighted by Crippen LogP contribution is 2.42. The molecule has 1 aliphatic carbocycles. The minimum atomic E-state index is -0.0479. The van der Waals surface area contributed by atoms with Crippen molar-refractivity contribution in [3.05, 3.63) is 22.2 Å². The van der Waals surface area contributed by atoms with E-state index in [2.05, 4.69) is 15.9 Å². The van der Waals surface area contributed by atoms with E-state index in [9.17, 15) is 4.79 Å². The van der Waals surface area contributed by atoms with Crippen LogP contribution >= 0.6 is 15.9 Å². The van der Waals surface area contributed by atoms with Crippen LogP contribution in [0.1, 0.15) is 44.1 Å². The molecule has 1 aromatic rings. The van der Waals surface area contributed by atoms with Crippen molar-refractivity contribution in [1.29, 1.82) is 0 Å². The van der Waals surface area contributed by atoms with E-state index in [4.69, 9.17) is 5.73 Å². The van der Waals surface area contributed by atoms with Gasteiger partial charge in [-0.3, -0.25) is 4.79 Å². The summed E-state index contributed by atoms with van der Waals surface area (Å²) in [5.74, 6) is 0.833. The van der Waals surface area contributed by atoms with Gasteiger partial charge in [0.2, 0.25) is 5.91 Å². The van der Waals surface area contributed by atoms with Gasteiger partial charge >= 0.3 is 0 Å². The average molecular weight is 323 g/mol. The summed E-state index contributed by atoms with van der Waals surface area (Å²) in [6.07, 6.45) is 5.11. The Kier molecular flexibility index (Phi) is 3.29. The standard InChI is InChI=1S/C15H19BrN2O/c1-9-11-6-12(16)13(17)7-14(11)18(15(9)19)8-10-4-2-3-5-10/h6-7,9-10H,2-5,8,17H2,1H3. The Hall–Kier alpha value is -1.03. The van der Waals surface area contributed by atoms with Gasteiger partial charge in [-0.15, -0.1) is 0 Å². The van der Waals surface area contributed by atoms with E-state index in [1.165, 1.54) is 25.7 Å². The van der Waals surface area contributed by atoms with E-state index >= 15 is 0 Å². The van der Waals surface area contributed by atoms with Crippen LogP contribution in [0.25, 0.3) is 0 Å². The number of rotatable bonds is 2. The molecular formula is C15H19BrN2O. The quantitative estimate of drug-likeness (QED) is 0.844. The van der Waals surface area contributed by atoms with Crippen LogP contribution in [0.15, 0.2) is 16.6 Å². The lowest BCUT2D eigenvalue weighted by atomic mass is 10.0. The first-order valence-corrected chi connectivity index (χ1v) is 7.77. The molecule has 1 fully saturated rings. The lowest BCUT2D eigenvalue weighted by molar-refractivity contribution is -0.119. The third kappa shape index (κ3) is 2.16. The molecule has 1 unspecified atom stereocenters. The number of carbonyl (C=O) groups excluding carboxylic acids is 1. The van der Waals surface area contributed by atoms with Gasteiger partial charge in [0.05, 0.1) is 5.92 Å². The first-order valence-electron chi connectivity index (χ1n) is 6.98. The highest BCUT2D eigenvalue weighted by Gasteiger charge is 2.36. The van der Waals surface area contributed by atoms with Gasteiger partial charge in [-0.2, -0.15) is 0 Å². The fourth-order valence-electron chi connectivity index (χ4n) is 3.30. The number of halogens is 1. The van der Waals surface area contributed by atoms with Crippen molar-refractivity contribution < 1.29 is 4.79 Å². The van der Waals surface area contributed by atoms with Crippen LogP contribution in [-0.2, 0) is 4.79 Å². The molecule has 0 radical (unpaired) electrons. The molecule has 3 nitrogen and oxygen atoms in total. The number of fused-ring (bicyclic) bond motifs is 1. The SMILES string of the molecule is CC1C(=O)N(CC2CCCC2)c2cc(N)c(Br)cc21. The molecule has 1 atom stereocenters. The summed E-state index contributed by atoms with van der Waals surface area (Å²) >= 11 is 3.45. The van der Waals surface area contributed by atoms with E-state index in [-0.39, 0.29) is 11.8 Å². The third-order valence-corrected chi connectivity index (χ3v) is 5.14. The van der Waals surface area contributed by atoms with Gasteiger partial charge in [0.15, 0.2) is 0 Å². The monoisotopic (exact) mass is 322 g/mol. The van der Waals surface area contributed by atoms with Crippen molar-refractivity contribution >= 4 is 33.2 Å². The zero-order chi connectivity index (χ0) is 13.6. The molecule has 2 N–H and O–H groups in total. The fraction of sp³-hybridized carbons (Fsp3) is 0.533. The highest BCUT2D eigenvalue weighted by molar-refractivity contribution is 9.10. The van der Waals surface area contributed by atoms with E-state index in [0.717, 1.165) is 22.3 Å². The Bertz CT molecular complexity index is 523. The van der Waals surface area contributed by atoms with Crippen LogP contribution in [0.4, 0.5) is 11.4 Å². The maximum atomic E-state index is 12.4. The van der Waals surface area contributed by atoms with E-state index in [1.54, 1.807) is 0 Å². The number of hydrogen-bond donors (Lipinski definition) is 1. The first kappa shape index (κ1) is 13.0. The molecule has 102 valence electrons. The summed E-state index contributed by atoms with van der Waals surface area (Å²) in [7, 11) is 0. The molecule has 1 heterocycles. The van der Waals surface area contributed by atoms with Gasteiger partial charge in [0.1, 0.15) is 0 Å². The van der Waals surface area contributed by atoms with Crippen LogP contribution in [0.5, 0.6) is 0 Å². The second-order valence-electron chi connectivity index (χ2n) is 5.75. The molecule has 19 heavy (non-hydrogen) atoms. The molecule has 1 saturated carbocycles. The Morgan fingerprint density at radius 2 is 2.05 bits per heavy atom. The van der Waals surface area contributed by atoms with Crippen LogP contribution in [0.2, 0.25) is 0 Å². The number of anilines is 2. The van der Waals surface area contributed by atoms with Crippen molar-refractivity contribution in [2.24, 2.45) is 5.92 Å². The predicted octanol–water partition coefficient (Wildman–Crippen LogP) is 3.67. The normalized spacial score (nSPS) is 23.2. The number of amides is 1. The van der Waals surface area contributed by atoms with Crippen LogP contribution in [0.3, 0.4) is 0 Å². The number of nitrogens with two attached hydrogens (primary N) is 1. The zero-order valence-electron chi connectivity index (χ0n) is 11.2. The molecule has 1 aliphatic heterocycles. The summed E-state index contributed by atoms with van der Waals surface area (Å²) < 4.78 is 0.883. The smallest absolute Gasteiger partial charge is 0.234 e. The molecule has 4 heteroatoms.